The minimum atomic E-state index is 0.0830. The van der Waals surface area contributed by atoms with E-state index in [1.807, 2.05) is 12.1 Å². The Bertz CT molecular complexity index is 668. The van der Waals surface area contributed by atoms with Crippen molar-refractivity contribution in [2.24, 2.45) is 11.5 Å². The van der Waals surface area contributed by atoms with Crippen LogP contribution in [0.2, 0.25) is 0 Å². The van der Waals surface area contributed by atoms with E-state index in [9.17, 15) is 0 Å². The van der Waals surface area contributed by atoms with Gasteiger partial charge in [0.1, 0.15) is 24.7 Å². The van der Waals surface area contributed by atoms with Gasteiger partial charge >= 0.3 is 0 Å². The highest BCUT2D eigenvalue weighted by Gasteiger charge is 2.20. The lowest BCUT2D eigenvalue weighted by atomic mass is 10.1. The van der Waals surface area contributed by atoms with Crippen LogP contribution in [0, 0.1) is 0 Å². The second-order valence-electron chi connectivity index (χ2n) is 6.77. The molecule has 0 aromatic heterocycles. The van der Waals surface area contributed by atoms with Crippen LogP contribution in [0.4, 0.5) is 0 Å². The zero-order valence-corrected chi connectivity index (χ0v) is 15.1. The van der Waals surface area contributed by atoms with Gasteiger partial charge in [0.05, 0.1) is 0 Å². The van der Waals surface area contributed by atoms with Crippen molar-refractivity contribution in [3.63, 3.8) is 0 Å². The Hall–Kier alpha value is -2.04. The van der Waals surface area contributed by atoms with Crippen molar-refractivity contribution < 1.29 is 9.47 Å². The normalized spacial score (nSPS) is 14.6. The summed E-state index contributed by atoms with van der Waals surface area (Å²) in [6.07, 6.45) is 2.74. The molecule has 0 bridgehead atoms. The van der Waals surface area contributed by atoms with Crippen LogP contribution in [0.3, 0.4) is 0 Å². The smallest absolute Gasteiger partial charge is 0.119 e. The summed E-state index contributed by atoms with van der Waals surface area (Å²) in [7, 11) is 0. The SMILES string of the molecule is CCC(N)COc1ccc2c(c1)Cc1cc(OCC(N)CC)ccc1-2. The van der Waals surface area contributed by atoms with Crippen LogP contribution in [0.25, 0.3) is 11.1 Å². The average Bonchev–Trinajstić information content (AvgIpc) is 3.00. The number of fused-ring (bicyclic) bond motifs is 3. The lowest BCUT2D eigenvalue weighted by Crippen LogP contribution is -2.26. The molecule has 2 aromatic carbocycles. The van der Waals surface area contributed by atoms with Crippen molar-refractivity contribution in [2.45, 2.75) is 45.2 Å². The number of rotatable bonds is 8. The maximum atomic E-state index is 5.93. The second kappa shape index (κ2) is 7.89. The molecular formula is C21H28N2O2. The lowest BCUT2D eigenvalue weighted by Gasteiger charge is -2.12. The molecule has 25 heavy (non-hydrogen) atoms. The summed E-state index contributed by atoms with van der Waals surface area (Å²) < 4.78 is 11.6. The van der Waals surface area contributed by atoms with Gasteiger partial charge in [-0.05, 0) is 65.8 Å². The first-order chi connectivity index (χ1) is 12.1. The topological polar surface area (TPSA) is 70.5 Å². The van der Waals surface area contributed by atoms with Gasteiger partial charge in [0.15, 0.2) is 0 Å². The maximum absolute atomic E-state index is 5.93. The fraction of sp³-hybridized carbons (Fsp3) is 0.429. The van der Waals surface area contributed by atoms with Crippen LogP contribution in [-0.4, -0.2) is 25.3 Å². The van der Waals surface area contributed by atoms with E-state index >= 15 is 0 Å². The number of hydrogen-bond acceptors (Lipinski definition) is 4. The third kappa shape index (κ3) is 4.14. The maximum Gasteiger partial charge on any atom is 0.119 e. The third-order valence-electron chi connectivity index (χ3n) is 4.80. The van der Waals surface area contributed by atoms with Crippen molar-refractivity contribution in [1.29, 1.82) is 0 Å². The highest BCUT2D eigenvalue weighted by molar-refractivity contribution is 5.78. The molecule has 0 spiro atoms. The molecule has 0 saturated carbocycles. The van der Waals surface area contributed by atoms with E-state index in [2.05, 4.69) is 38.1 Å². The molecule has 0 heterocycles. The first-order valence-electron chi connectivity index (χ1n) is 9.13. The minimum absolute atomic E-state index is 0.0830. The highest BCUT2D eigenvalue weighted by atomic mass is 16.5. The van der Waals surface area contributed by atoms with Gasteiger partial charge in [-0.15, -0.1) is 0 Å². The second-order valence-corrected chi connectivity index (χ2v) is 6.77. The molecular weight excluding hydrogens is 312 g/mol. The third-order valence-corrected chi connectivity index (χ3v) is 4.80. The van der Waals surface area contributed by atoms with E-state index in [1.165, 1.54) is 22.3 Å². The molecule has 0 radical (unpaired) electrons. The summed E-state index contributed by atoms with van der Waals surface area (Å²) in [6.45, 7) is 5.25. The van der Waals surface area contributed by atoms with E-state index < -0.39 is 0 Å². The van der Waals surface area contributed by atoms with E-state index in [0.717, 1.165) is 30.8 Å². The quantitative estimate of drug-likeness (QED) is 0.658. The van der Waals surface area contributed by atoms with E-state index in [0.29, 0.717) is 13.2 Å². The van der Waals surface area contributed by atoms with Gasteiger partial charge in [-0.3, -0.25) is 0 Å². The van der Waals surface area contributed by atoms with Gasteiger partial charge in [-0.25, -0.2) is 0 Å². The Labute approximate surface area is 150 Å². The van der Waals surface area contributed by atoms with E-state index in [-0.39, 0.29) is 12.1 Å². The minimum Gasteiger partial charge on any atom is -0.492 e. The van der Waals surface area contributed by atoms with Gasteiger partial charge in [-0.2, -0.15) is 0 Å². The summed E-state index contributed by atoms with van der Waals surface area (Å²) in [4.78, 5) is 0. The Kier molecular flexibility index (Phi) is 5.61. The summed E-state index contributed by atoms with van der Waals surface area (Å²) in [5, 5.41) is 0. The standard InChI is InChI=1S/C21H28N2O2/c1-3-16(22)12-24-18-5-7-20-14(10-18)9-15-11-19(6-8-21(15)20)25-13-17(23)4-2/h5-8,10-11,16-17H,3-4,9,12-13,22-23H2,1-2H3. The highest BCUT2D eigenvalue weighted by Crippen LogP contribution is 2.39. The van der Waals surface area contributed by atoms with Crippen LogP contribution in [0.15, 0.2) is 36.4 Å². The van der Waals surface area contributed by atoms with Crippen molar-refractivity contribution in [2.75, 3.05) is 13.2 Å². The largest absolute Gasteiger partial charge is 0.492 e. The van der Waals surface area contributed by atoms with Crippen LogP contribution in [-0.2, 0) is 6.42 Å². The molecule has 2 unspecified atom stereocenters. The van der Waals surface area contributed by atoms with Crippen LogP contribution >= 0.6 is 0 Å². The molecule has 2 atom stereocenters. The molecule has 1 aliphatic carbocycles. The molecule has 4 N–H and O–H groups in total. The van der Waals surface area contributed by atoms with Crippen LogP contribution in [0.5, 0.6) is 11.5 Å². The lowest BCUT2D eigenvalue weighted by molar-refractivity contribution is 0.285. The predicted octanol–water partition coefficient (Wildman–Crippen LogP) is 3.49. The summed E-state index contributed by atoms with van der Waals surface area (Å²) in [6, 6.07) is 12.8. The zero-order valence-electron chi connectivity index (χ0n) is 15.1. The van der Waals surface area contributed by atoms with Gasteiger partial charge in [-0.1, -0.05) is 26.0 Å². The number of ether oxygens (including phenoxy) is 2. The summed E-state index contributed by atoms with van der Waals surface area (Å²) in [5.41, 5.74) is 17.0. The van der Waals surface area contributed by atoms with Crippen LogP contribution in [0.1, 0.15) is 37.8 Å². The molecule has 0 fully saturated rings. The fourth-order valence-electron chi connectivity index (χ4n) is 2.99. The van der Waals surface area contributed by atoms with Crippen molar-refractivity contribution >= 4 is 0 Å². The van der Waals surface area contributed by atoms with Crippen molar-refractivity contribution in [1.82, 2.24) is 0 Å². The predicted molar refractivity (Wildman–Crippen MR) is 102 cm³/mol. The molecule has 134 valence electrons. The summed E-state index contributed by atoms with van der Waals surface area (Å²) >= 11 is 0. The van der Waals surface area contributed by atoms with E-state index in [4.69, 9.17) is 20.9 Å². The number of nitrogens with two attached hydrogens (primary N) is 2. The van der Waals surface area contributed by atoms with Gasteiger partial charge < -0.3 is 20.9 Å². The van der Waals surface area contributed by atoms with Gasteiger partial charge in [0.25, 0.3) is 0 Å². The molecule has 0 aliphatic heterocycles. The molecule has 3 rings (SSSR count). The van der Waals surface area contributed by atoms with Crippen LogP contribution < -0.4 is 20.9 Å². The molecule has 0 saturated heterocycles. The Balaban J connectivity index is 1.71. The zero-order chi connectivity index (χ0) is 17.8. The molecule has 1 aliphatic rings. The first kappa shape index (κ1) is 17.8. The summed E-state index contributed by atoms with van der Waals surface area (Å²) in [5.74, 6) is 1.78. The van der Waals surface area contributed by atoms with Gasteiger partial charge in [0.2, 0.25) is 0 Å². The van der Waals surface area contributed by atoms with Crippen molar-refractivity contribution in [3.05, 3.63) is 47.5 Å². The Morgan fingerprint density at radius 2 is 1.24 bits per heavy atom. The Morgan fingerprint density at radius 1 is 0.800 bits per heavy atom. The molecule has 4 heteroatoms. The number of hydrogen-bond donors (Lipinski definition) is 2. The molecule has 0 amide bonds. The van der Waals surface area contributed by atoms with E-state index in [1.54, 1.807) is 0 Å². The molecule has 4 nitrogen and oxygen atoms in total. The monoisotopic (exact) mass is 340 g/mol. The fourth-order valence-corrected chi connectivity index (χ4v) is 2.99. The van der Waals surface area contributed by atoms with Crippen molar-refractivity contribution in [3.8, 4) is 22.6 Å². The van der Waals surface area contributed by atoms with Gasteiger partial charge in [0, 0.05) is 12.1 Å². The number of benzene rings is 2. The Morgan fingerprint density at radius 3 is 1.64 bits per heavy atom. The first-order valence-corrected chi connectivity index (χ1v) is 9.13. The molecule has 2 aromatic rings. The average molecular weight is 340 g/mol.